The lowest BCUT2D eigenvalue weighted by molar-refractivity contribution is -0.152. The summed E-state index contributed by atoms with van der Waals surface area (Å²) in [6.45, 7) is 0. The summed E-state index contributed by atoms with van der Waals surface area (Å²) >= 11 is 0. The Balaban J connectivity index is 3.06. The summed E-state index contributed by atoms with van der Waals surface area (Å²) in [5.74, 6) is -4.82. The van der Waals surface area contributed by atoms with Crippen LogP contribution in [-0.4, -0.2) is 26.6 Å². The first-order valence-corrected chi connectivity index (χ1v) is 5.34. The average molecular weight is 284 g/mol. The molecule has 0 aromatic heterocycles. The highest BCUT2D eigenvalue weighted by Crippen LogP contribution is 2.38. The van der Waals surface area contributed by atoms with Crippen LogP contribution >= 0.6 is 0 Å². The maximum Gasteiger partial charge on any atom is 0.310 e. The quantitative estimate of drug-likeness (QED) is 0.739. The van der Waals surface area contributed by atoms with Crippen molar-refractivity contribution in [2.24, 2.45) is 0 Å². The van der Waals surface area contributed by atoms with E-state index < -0.39 is 30.7 Å². The first-order valence-electron chi connectivity index (χ1n) is 5.34. The Morgan fingerprint density at radius 2 is 1.84 bits per heavy atom. The van der Waals surface area contributed by atoms with Crippen LogP contribution in [-0.2, 0) is 4.74 Å². The van der Waals surface area contributed by atoms with Crippen LogP contribution in [0.25, 0.3) is 0 Å². The van der Waals surface area contributed by atoms with Crippen LogP contribution < -0.4 is 4.74 Å². The van der Waals surface area contributed by atoms with Crippen molar-refractivity contribution < 1.29 is 31.4 Å². The third-order valence-electron chi connectivity index (χ3n) is 2.60. The second-order valence-corrected chi connectivity index (χ2v) is 3.88. The van der Waals surface area contributed by atoms with Gasteiger partial charge in [0.2, 0.25) is 0 Å². The van der Waals surface area contributed by atoms with Crippen LogP contribution in [0.1, 0.15) is 18.1 Å². The lowest BCUT2D eigenvalue weighted by atomic mass is 10.0. The molecular weight excluding hydrogens is 271 g/mol. The van der Waals surface area contributed by atoms with Crippen LogP contribution in [0, 0.1) is 5.82 Å². The lowest BCUT2D eigenvalue weighted by Gasteiger charge is -2.23. The summed E-state index contributed by atoms with van der Waals surface area (Å²) in [6, 6.07) is 3.21. The van der Waals surface area contributed by atoms with Crippen LogP contribution in [0.3, 0.4) is 0 Å². The van der Waals surface area contributed by atoms with Crippen LogP contribution in [0.5, 0.6) is 5.75 Å². The molecule has 0 saturated carbocycles. The van der Waals surface area contributed by atoms with Crippen molar-refractivity contribution in [1.82, 2.24) is 0 Å². The van der Waals surface area contributed by atoms with Crippen molar-refractivity contribution in [3.63, 3.8) is 0 Å². The minimum Gasteiger partial charge on any atom is -0.496 e. The zero-order valence-electron chi connectivity index (χ0n) is 10.3. The number of ether oxygens (including phenoxy) is 2. The normalized spacial score (nSPS) is 13.7. The molecule has 0 bridgehead atoms. The number of rotatable bonds is 6. The molecule has 2 nitrogen and oxygen atoms in total. The SMILES string of the molecule is COc1ccc(F)cc1C(CC(F)(F)C(F)F)OC. The number of hydrogen-bond acceptors (Lipinski definition) is 2. The van der Waals surface area contributed by atoms with Crippen molar-refractivity contribution in [1.29, 1.82) is 0 Å². The Morgan fingerprint density at radius 1 is 1.21 bits per heavy atom. The summed E-state index contributed by atoms with van der Waals surface area (Å²) in [7, 11) is 2.34. The largest absolute Gasteiger partial charge is 0.496 e. The highest BCUT2D eigenvalue weighted by Gasteiger charge is 2.43. The van der Waals surface area contributed by atoms with Crippen molar-refractivity contribution in [2.75, 3.05) is 14.2 Å². The van der Waals surface area contributed by atoms with E-state index in [0.717, 1.165) is 19.2 Å². The van der Waals surface area contributed by atoms with Crippen molar-refractivity contribution in [3.8, 4) is 5.75 Å². The van der Waals surface area contributed by atoms with Gasteiger partial charge in [0.05, 0.1) is 13.2 Å². The predicted molar refractivity (Wildman–Crippen MR) is 58.3 cm³/mol. The van der Waals surface area contributed by atoms with Gasteiger partial charge in [0, 0.05) is 19.1 Å². The first kappa shape index (κ1) is 15.7. The highest BCUT2D eigenvalue weighted by atomic mass is 19.3. The molecule has 0 aliphatic heterocycles. The first-order chi connectivity index (χ1) is 8.81. The monoisotopic (exact) mass is 284 g/mol. The van der Waals surface area contributed by atoms with Gasteiger partial charge in [-0.25, -0.2) is 22.0 Å². The average Bonchev–Trinajstić information content (AvgIpc) is 2.35. The van der Waals surface area contributed by atoms with Gasteiger partial charge < -0.3 is 9.47 Å². The molecule has 1 unspecified atom stereocenters. The van der Waals surface area contributed by atoms with E-state index in [1.165, 1.54) is 13.2 Å². The standard InChI is InChI=1S/C12H13F5O2/c1-18-9-4-3-7(13)5-8(9)10(19-2)6-12(16,17)11(14)15/h3-5,10-11H,6H2,1-2H3. The third-order valence-corrected chi connectivity index (χ3v) is 2.60. The molecule has 0 aliphatic carbocycles. The van der Waals surface area contributed by atoms with E-state index in [9.17, 15) is 22.0 Å². The van der Waals surface area contributed by atoms with E-state index in [4.69, 9.17) is 9.47 Å². The van der Waals surface area contributed by atoms with Gasteiger partial charge in [0.15, 0.2) is 0 Å². The summed E-state index contributed by atoms with van der Waals surface area (Å²) in [6.07, 6.45) is -6.47. The molecule has 0 spiro atoms. The zero-order chi connectivity index (χ0) is 14.6. The molecule has 0 radical (unpaired) electrons. The second kappa shape index (κ2) is 6.18. The number of alkyl halides is 4. The van der Waals surface area contributed by atoms with Crippen molar-refractivity contribution in [3.05, 3.63) is 29.6 Å². The number of hydrogen-bond donors (Lipinski definition) is 0. The van der Waals surface area contributed by atoms with E-state index >= 15 is 0 Å². The topological polar surface area (TPSA) is 18.5 Å². The van der Waals surface area contributed by atoms with Crippen molar-refractivity contribution in [2.45, 2.75) is 24.9 Å². The molecule has 0 heterocycles. The van der Waals surface area contributed by atoms with Crippen LogP contribution in [0.4, 0.5) is 22.0 Å². The maximum atomic E-state index is 13.1. The fraction of sp³-hybridized carbons (Fsp3) is 0.500. The van der Waals surface area contributed by atoms with E-state index in [0.29, 0.717) is 0 Å². The van der Waals surface area contributed by atoms with E-state index in [-0.39, 0.29) is 11.3 Å². The number of benzene rings is 1. The molecule has 108 valence electrons. The summed E-state index contributed by atoms with van der Waals surface area (Å²) < 4.78 is 73.2. The molecule has 0 fully saturated rings. The van der Waals surface area contributed by atoms with E-state index in [1.807, 2.05) is 0 Å². The Bertz CT molecular complexity index is 423. The van der Waals surface area contributed by atoms with Gasteiger partial charge in [-0.15, -0.1) is 0 Å². The summed E-state index contributed by atoms with van der Waals surface area (Å²) in [5, 5.41) is 0. The maximum absolute atomic E-state index is 13.1. The molecule has 19 heavy (non-hydrogen) atoms. The fourth-order valence-corrected chi connectivity index (χ4v) is 1.61. The van der Waals surface area contributed by atoms with Crippen LogP contribution in [0.2, 0.25) is 0 Å². The summed E-state index contributed by atoms with van der Waals surface area (Å²) in [5.41, 5.74) is -0.0367. The molecule has 0 amide bonds. The minimum atomic E-state index is -4.22. The molecular formula is C12H13F5O2. The molecule has 0 N–H and O–H groups in total. The predicted octanol–water partition coefficient (Wildman–Crippen LogP) is 3.81. The zero-order valence-corrected chi connectivity index (χ0v) is 10.3. The Hall–Kier alpha value is -1.37. The molecule has 1 aromatic rings. The van der Waals surface area contributed by atoms with Gasteiger partial charge >= 0.3 is 12.3 Å². The van der Waals surface area contributed by atoms with E-state index in [2.05, 4.69) is 0 Å². The molecule has 0 saturated heterocycles. The fourth-order valence-electron chi connectivity index (χ4n) is 1.61. The van der Waals surface area contributed by atoms with Gasteiger partial charge in [0.1, 0.15) is 11.6 Å². The number of methoxy groups -OCH3 is 2. The van der Waals surface area contributed by atoms with Gasteiger partial charge in [0.25, 0.3) is 0 Å². The Morgan fingerprint density at radius 3 is 2.32 bits per heavy atom. The summed E-state index contributed by atoms with van der Waals surface area (Å²) in [4.78, 5) is 0. The molecule has 7 heteroatoms. The van der Waals surface area contributed by atoms with Gasteiger partial charge in [-0.05, 0) is 18.2 Å². The molecule has 1 rings (SSSR count). The van der Waals surface area contributed by atoms with Gasteiger partial charge in [-0.2, -0.15) is 0 Å². The van der Waals surface area contributed by atoms with Gasteiger partial charge in [-0.1, -0.05) is 0 Å². The molecule has 0 aliphatic rings. The number of halogens is 5. The Labute approximate surface area is 107 Å². The van der Waals surface area contributed by atoms with Crippen molar-refractivity contribution >= 4 is 0 Å². The molecule has 1 atom stereocenters. The third kappa shape index (κ3) is 3.79. The van der Waals surface area contributed by atoms with Gasteiger partial charge in [-0.3, -0.25) is 0 Å². The second-order valence-electron chi connectivity index (χ2n) is 3.88. The lowest BCUT2D eigenvalue weighted by Crippen LogP contribution is -2.29. The highest BCUT2D eigenvalue weighted by molar-refractivity contribution is 5.36. The Kier molecular flexibility index (Phi) is 5.11. The van der Waals surface area contributed by atoms with E-state index in [1.54, 1.807) is 0 Å². The van der Waals surface area contributed by atoms with Crippen LogP contribution in [0.15, 0.2) is 18.2 Å². The smallest absolute Gasteiger partial charge is 0.310 e. The minimum absolute atomic E-state index is 0.0367. The molecule has 1 aromatic carbocycles.